The number of ketones is 2. The van der Waals surface area contributed by atoms with Gasteiger partial charge in [0.15, 0.2) is 0 Å². The minimum Gasteiger partial charge on any atom is -0.299 e. The maximum atomic E-state index is 13.1. The van der Waals surface area contributed by atoms with Crippen LogP contribution in [0.25, 0.3) is 0 Å². The van der Waals surface area contributed by atoms with E-state index in [4.69, 9.17) is 0 Å². The zero-order valence-corrected chi connectivity index (χ0v) is 13.9. The average Bonchev–Trinajstić information content (AvgIpc) is 2.78. The van der Waals surface area contributed by atoms with Gasteiger partial charge in [-0.2, -0.15) is 0 Å². The molecule has 0 heterocycles. The highest BCUT2D eigenvalue weighted by atomic mass is 79.9. The van der Waals surface area contributed by atoms with E-state index >= 15 is 0 Å². The highest BCUT2D eigenvalue weighted by molar-refractivity contribution is 9.09. The molecule has 0 radical (unpaired) electrons. The Morgan fingerprint density at radius 1 is 0.714 bits per heavy atom. The van der Waals surface area contributed by atoms with Gasteiger partial charge in [-0.25, -0.2) is 0 Å². The van der Waals surface area contributed by atoms with Crippen molar-refractivity contribution in [2.24, 2.45) is 47.3 Å². The number of rotatable bonds is 0. The van der Waals surface area contributed by atoms with Crippen molar-refractivity contribution < 1.29 is 9.59 Å². The van der Waals surface area contributed by atoms with Crippen molar-refractivity contribution in [1.29, 1.82) is 0 Å². The Bertz CT molecular complexity index is 515. The van der Waals surface area contributed by atoms with Crippen molar-refractivity contribution >= 4 is 27.5 Å². The van der Waals surface area contributed by atoms with Crippen LogP contribution in [-0.4, -0.2) is 16.4 Å². The summed E-state index contributed by atoms with van der Waals surface area (Å²) in [5.41, 5.74) is 0. The third kappa shape index (κ3) is 1.59. The maximum Gasteiger partial charge on any atom is 0.139 e. The number of Topliss-reactive ketones (excluding diaryl/α,β-unsaturated/α-hetero) is 2. The molecule has 0 spiro atoms. The first-order valence-corrected chi connectivity index (χ1v) is 9.80. The monoisotopic (exact) mass is 350 g/mol. The SMILES string of the molecule is O=C1C2CCCC3CCC4C(=O)C5CC(Br)CC1C5C4C32. The standard InChI is InChI=1S/C18H23BrO2/c19-9-6-12-15-13(7-9)18(21)11-5-4-8-2-1-3-10(17(12)20)14(8)16(11)15/h8-16H,1-7H2. The molecule has 5 aliphatic rings. The highest BCUT2D eigenvalue weighted by Crippen LogP contribution is 2.65. The lowest BCUT2D eigenvalue weighted by molar-refractivity contribution is -0.149. The van der Waals surface area contributed by atoms with E-state index in [9.17, 15) is 9.59 Å². The molecule has 2 nitrogen and oxygen atoms in total. The van der Waals surface area contributed by atoms with Gasteiger partial charge in [-0.3, -0.25) is 9.59 Å². The van der Waals surface area contributed by atoms with E-state index in [0.717, 1.165) is 31.6 Å². The van der Waals surface area contributed by atoms with Crippen LogP contribution in [0.1, 0.15) is 44.9 Å². The van der Waals surface area contributed by atoms with Crippen LogP contribution in [0.5, 0.6) is 0 Å². The van der Waals surface area contributed by atoms with Crippen molar-refractivity contribution in [3.05, 3.63) is 0 Å². The predicted octanol–water partition coefficient (Wildman–Crippen LogP) is 3.62. The Hall–Kier alpha value is -0.180. The number of carbonyl (C=O) groups is 2. The van der Waals surface area contributed by atoms with Crippen LogP contribution in [0.2, 0.25) is 0 Å². The summed E-state index contributed by atoms with van der Waals surface area (Å²) < 4.78 is 0. The Balaban J connectivity index is 1.64. The summed E-state index contributed by atoms with van der Waals surface area (Å²) in [5, 5.41) is 0. The van der Waals surface area contributed by atoms with Gasteiger partial charge in [0.1, 0.15) is 11.6 Å². The molecule has 0 bridgehead atoms. The first-order chi connectivity index (χ1) is 10.2. The molecule has 5 aliphatic carbocycles. The van der Waals surface area contributed by atoms with E-state index < -0.39 is 0 Å². The minimum atomic E-state index is 0.199. The van der Waals surface area contributed by atoms with Gasteiger partial charge in [0.05, 0.1) is 0 Å². The average molecular weight is 351 g/mol. The van der Waals surface area contributed by atoms with Crippen molar-refractivity contribution in [1.82, 2.24) is 0 Å². The number of hydrogen-bond donors (Lipinski definition) is 0. The first kappa shape index (κ1) is 13.3. The molecule has 0 aromatic heterocycles. The van der Waals surface area contributed by atoms with Crippen LogP contribution in [0.15, 0.2) is 0 Å². The summed E-state index contributed by atoms with van der Waals surface area (Å²) >= 11 is 3.74. The van der Waals surface area contributed by atoms with E-state index in [1.807, 2.05) is 0 Å². The summed E-state index contributed by atoms with van der Waals surface area (Å²) in [6.45, 7) is 0. The van der Waals surface area contributed by atoms with Crippen molar-refractivity contribution in [2.75, 3.05) is 0 Å². The second-order valence-corrected chi connectivity index (χ2v) is 9.59. The van der Waals surface area contributed by atoms with E-state index in [2.05, 4.69) is 15.9 Å². The first-order valence-electron chi connectivity index (χ1n) is 8.88. The zero-order valence-electron chi connectivity index (χ0n) is 12.3. The molecular weight excluding hydrogens is 328 g/mol. The quantitative estimate of drug-likeness (QED) is 0.625. The topological polar surface area (TPSA) is 34.1 Å². The molecule has 0 aliphatic heterocycles. The van der Waals surface area contributed by atoms with Crippen molar-refractivity contribution in [3.63, 3.8) is 0 Å². The van der Waals surface area contributed by atoms with Crippen LogP contribution in [-0.2, 0) is 9.59 Å². The molecule has 5 saturated carbocycles. The fourth-order valence-corrected chi connectivity index (χ4v) is 8.02. The highest BCUT2D eigenvalue weighted by Gasteiger charge is 2.65. The second kappa shape index (κ2) is 4.43. The third-order valence-electron chi connectivity index (χ3n) is 7.71. The van der Waals surface area contributed by atoms with Gasteiger partial charge >= 0.3 is 0 Å². The Kier molecular flexibility index (Phi) is 2.80. The number of carbonyl (C=O) groups excluding carboxylic acids is 2. The summed E-state index contributed by atoms with van der Waals surface area (Å²) in [5.74, 6) is 4.44. The van der Waals surface area contributed by atoms with Gasteiger partial charge in [-0.05, 0) is 55.8 Å². The molecule has 114 valence electrons. The molecule has 9 unspecified atom stereocenters. The molecule has 3 heteroatoms. The summed E-state index contributed by atoms with van der Waals surface area (Å²) in [6.07, 6.45) is 7.98. The maximum absolute atomic E-state index is 13.1. The summed E-state index contributed by atoms with van der Waals surface area (Å²) in [4.78, 5) is 26.4. The van der Waals surface area contributed by atoms with Crippen LogP contribution < -0.4 is 0 Å². The normalized spacial score (nSPS) is 58.0. The van der Waals surface area contributed by atoms with Crippen molar-refractivity contribution in [3.8, 4) is 0 Å². The van der Waals surface area contributed by atoms with Crippen LogP contribution in [0, 0.1) is 47.3 Å². The van der Waals surface area contributed by atoms with Gasteiger partial charge in [0.2, 0.25) is 0 Å². The zero-order chi connectivity index (χ0) is 14.3. The van der Waals surface area contributed by atoms with Gasteiger partial charge in [-0.15, -0.1) is 0 Å². The number of halogens is 1. The molecule has 0 aromatic carbocycles. The fraction of sp³-hybridized carbons (Fsp3) is 0.889. The lowest BCUT2D eigenvalue weighted by Gasteiger charge is -2.55. The molecule has 0 saturated heterocycles. The second-order valence-electron chi connectivity index (χ2n) is 8.30. The molecule has 5 rings (SSSR count). The molecule has 9 atom stereocenters. The fourth-order valence-electron chi connectivity index (χ4n) is 7.22. The number of alkyl halides is 1. The van der Waals surface area contributed by atoms with Crippen molar-refractivity contribution in [2.45, 2.75) is 49.8 Å². The molecule has 0 aromatic rings. The van der Waals surface area contributed by atoms with E-state index in [-0.39, 0.29) is 11.8 Å². The van der Waals surface area contributed by atoms with E-state index in [0.29, 0.717) is 46.0 Å². The molecule has 0 N–H and O–H groups in total. The number of hydrogen-bond acceptors (Lipinski definition) is 2. The van der Waals surface area contributed by atoms with Crippen LogP contribution in [0.4, 0.5) is 0 Å². The van der Waals surface area contributed by atoms with Crippen LogP contribution in [0.3, 0.4) is 0 Å². The van der Waals surface area contributed by atoms with Gasteiger partial charge < -0.3 is 0 Å². The van der Waals surface area contributed by atoms with Gasteiger partial charge in [-0.1, -0.05) is 28.8 Å². The predicted molar refractivity (Wildman–Crippen MR) is 83.0 cm³/mol. The van der Waals surface area contributed by atoms with E-state index in [1.165, 1.54) is 19.3 Å². The Morgan fingerprint density at radius 2 is 1.38 bits per heavy atom. The Labute approximate surface area is 134 Å². The third-order valence-corrected chi connectivity index (χ3v) is 8.46. The molecule has 0 amide bonds. The summed E-state index contributed by atoms with van der Waals surface area (Å²) in [6, 6.07) is 0. The van der Waals surface area contributed by atoms with Gasteiger partial charge in [0, 0.05) is 28.5 Å². The lowest BCUT2D eigenvalue weighted by atomic mass is 9.48. The largest absolute Gasteiger partial charge is 0.299 e. The van der Waals surface area contributed by atoms with Gasteiger partial charge in [0.25, 0.3) is 0 Å². The van der Waals surface area contributed by atoms with E-state index in [1.54, 1.807) is 0 Å². The summed E-state index contributed by atoms with van der Waals surface area (Å²) in [7, 11) is 0. The van der Waals surface area contributed by atoms with Crippen LogP contribution >= 0.6 is 15.9 Å². The molecule has 21 heavy (non-hydrogen) atoms. The minimum absolute atomic E-state index is 0.199. The molecule has 5 fully saturated rings. The molecular formula is C18H23BrO2. The Morgan fingerprint density at radius 3 is 2.10 bits per heavy atom. The lowest BCUT2D eigenvalue weighted by Crippen LogP contribution is -2.54. The smallest absolute Gasteiger partial charge is 0.139 e.